The van der Waals surface area contributed by atoms with Crippen LogP contribution in [0, 0.1) is 0 Å². The second kappa shape index (κ2) is 11.5. The second-order valence-electron chi connectivity index (χ2n) is 8.98. The number of carbonyl (C=O) groups is 2. The number of esters is 1. The molecule has 0 aliphatic carbocycles. The summed E-state index contributed by atoms with van der Waals surface area (Å²) in [6.45, 7) is -0.677. The normalized spacial score (nSPS) is 26.4. The molecular weight excluding hydrogens is 518 g/mol. The van der Waals surface area contributed by atoms with E-state index in [0.29, 0.717) is 11.1 Å². The average Bonchev–Trinajstić information content (AvgIpc) is 3.30. The fourth-order valence-electron chi connectivity index (χ4n) is 4.48. The summed E-state index contributed by atoms with van der Waals surface area (Å²) >= 11 is 0. The Bertz CT molecular complexity index is 1260. The molecular formula is C26H29NO12. The molecule has 39 heavy (non-hydrogen) atoms. The molecule has 210 valence electrons. The quantitative estimate of drug-likeness (QED) is 0.191. The van der Waals surface area contributed by atoms with Gasteiger partial charge in [-0.3, -0.25) is 9.69 Å². The van der Waals surface area contributed by atoms with Gasteiger partial charge in [0.15, 0.2) is 23.0 Å². The van der Waals surface area contributed by atoms with Crippen LogP contribution in [0.4, 0.5) is 5.69 Å². The van der Waals surface area contributed by atoms with Gasteiger partial charge in [-0.25, -0.2) is 4.79 Å². The van der Waals surface area contributed by atoms with Crippen molar-refractivity contribution in [2.24, 2.45) is 0 Å². The number of amides is 1. The van der Waals surface area contributed by atoms with Gasteiger partial charge in [0.2, 0.25) is 6.29 Å². The number of aliphatic hydroxyl groups is 4. The SMILES string of the molecule is COC(=O)[C@@H]1Cc2cc(O)c(O[C@@H]3O[C@H](CO)[C@@H](O)[C@H](O)[C@H]3O)cc2N1C(=O)/C=C/c1ccc(O)c(OC)c1. The number of rotatable bonds is 7. The van der Waals surface area contributed by atoms with E-state index >= 15 is 0 Å². The van der Waals surface area contributed by atoms with Crippen LogP contribution in [-0.4, -0.2) is 100 Å². The van der Waals surface area contributed by atoms with Gasteiger partial charge >= 0.3 is 5.97 Å². The van der Waals surface area contributed by atoms with E-state index in [-0.39, 0.29) is 29.4 Å². The number of hydrogen-bond acceptors (Lipinski definition) is 12. The van der Waals surface area contributed by atoms with Gasteiger partial charge < -0.3 is 49.6 Å². The fourth-order valence-corrected chi connectivity index (χ4v) is 4.48. The second-order valence-corrected chi connectivity index (χ2v) is 8.98. The van der Waals surface area contributed by atoms with Gasteiger partial charge in [-0.1, -0.05) is 6.07 Å². The van der Waals surface area contributed by atoms with Crippen LogP contribution in [0.3, 0.4) is 0 Å². The summed E-state index contributed by atoms with van der Waals surface area (Å²) in [4.78, 5) is 27.0. The van der Waals surface area contributed by atoms with Crippen LogP contribution in [0.15, 0.2) is 36.4 Å². The van der Waals surface area contributed by atoms with Crippen molar-refractivity contribution in [2.75, 3.05) is 25.7 Å². The number of fused-ring (bicyclic) bond motifs is 1. The van der Waals surface area contributed by atoms with Crippen LogP contribution in [0.5, 0.6) is 23.0 Å². The largest absolute Gasteiger partial charge is 0.504 e. The Hall–Kier alpha value is -3.88. The van der Waals surface area contributed by atoms with E-state index in [9.17, 15) is 40.2 Å². The molecule has 0 aromatic heterocycles. The van der Waals surface area contributed by atoms with Gasteiger partial charge in [-0.05, 0) is 35.4 Å². The summed E-state index contributed by atoms with van der Waals surface area (Å²) in [6, 6.07) is 5.97. The van der Waals surface area contributed by atoms with Crippen LogP contribution in [-0.2, 0) is 25.5 Å². The third-order valence-corrected chi connectivity index (χ3v) is 6.57. The molecule has 13 nitrogen and oxygen atoms in total. The first-order valence-corrected chi connectivity index (χ1v) is 11.9. The number of aromatic hydroxyl groups is 2. The zero-order valence-electron chi connectivity index (χ0n) is 21.0. The zero-order valence-corrected chi connectivity index (χ0v) is 21.0. The van der Waals surface area contributed by atoms with Crippen molar-refractivity contribution in [3.05, 3.63) is 47.5 Å². The van der Waals surface area contributed by atoms with E-state index in [1.807, 2.05) is 0 Å². The van der Waals surface area contributed by atoms with Gasteiger partial charge in [0, 0.05) is 18.6 Å². The molecule has 1 fully saturated rings. The van der Waals surface area contributed by atoms with E-state index in [1.165, 1.54) is 50.6 Å². The lowest BCUT2D eigenvalue weighted by molar-refractivity contribution is -0.277. The molecule has 2 aromatic carbocycles. The number of ether oxygens (including phenoxy) is 4. The summed E-state index contributed by atoms with van der Waals surface area (Å²) in [5.41, 5.74) is 1.17. The highest BCUT2D eigenvalue weighted by atomic mass is 16.7. The maximum atomic E-state index is 13.3. The summed E-state index contributed by atoms with van der Waals surface area (Å²) < 4.78 is 20.9. The van der Waals surface area contributed by atoms with Crippen LogP contribution in [0.1, 0.15) is 11.1 Å². The molecule has 0 spiro atoms. The lowest BCUT2D eigenvalue weighted by atomic mass is 9.99. The molecule has 1 amide bonds. The van der Waals surface area contributed by atoms with Crippen molar-refractivity contribution in [3.63, 3.8) is 0 Å². The Morgan fingerprint density at radius 2 is 1.77 bits per heavy atom. The predicted octanol–water partition coefficient (Wildman–Crippen LogP) is -0.571. The van der Waals surface area contributed by atoms with Gasteiger partial charge in [0.1, 0.15) is 30.5 Å². The van der Waals surface area contributed by atoms with Crippen molar-refractivity contribution in [3.8, 4) is 23.0 Å². The molecule has 2 aliphatic heterocycles. The first kappa shape index (κ1) is 28.1. The average molecular weight is 548 g/mol. The highest BCUT2D eigenvalue weighted by Gasteiger charge is 2.45. The van der Waals surface area contributed by atoms with E-state index in [0.717, 1.165) is 4.90 Å². The van der Waals surface area contributed by atoms with Crippen molar-refractivity contribution < 1.29 is 59.2 Å². The van der Waals surface area contributed by atoms with Gasteiger partial charge in [0.25, 0.3) is 5.91 Å². The number of anilines is 1. The smallest absolute Gasteiger partial charge is 0.329 e. The minimum absolute atomic E-state index is 0.0303. The number of phenols is 2. The van der Waals surface area contributed by atoms with Gasteiger partial charge in [-0.15, -0.1) is 0 Å². The number of hydrogen-bond donors (Lipinski definition) is 6. The highest BCUT2D eigenvalue weighted by Crippen LogP contribution is 2.42. The minimum Gasteiger partial charge on any atom is -0.504 e. The van der Waals surface area contributed by atoms with Crippen LogP contribution >= 0.6 is 0 Å². The lowest BCUT2D eigenvalue weighted by Gasteiger charge is -2.39. The molecule has 2 aliphatic rings. The maximum Gasteiger partial charge on any atom is 0.329 e. The first-order chi connectivity index (χ1) is 18.6. The summed E-state index contributed by atoms with van der Waals surface area (Å²) in [5, 5.41) is 60.1. The van der Waals surface area contributed by atoms with E-state index in [2.05, 4.69) is 0 Å². The van der Waals surface area contributed by atoms with E-state index in [4.69, 9.17) is 18.9 Å². The van der Waals surface area contributed by atoms with Crippen LogP contribution in [0.25, 0.3) is 6.08 Å². The predicted molar refractivity (Wildman–Crippen MR) is 133 cm³/mol. The van der Waals surface area contributed by atoms with Crippen LogP contribution in [0.2, 0.25) is 0 Å². The Kier molecular flexibility index (Phi) is 8.28. The summed E-state index contributed by atoms with van der Waals surface area (Å²) in [7, 11) is 2.56. The standard InChI is InChI=1S/C26H29NO12/c1-36-18-7-12(3-5-16(18)29)4-6-21(31)27-14-10-19(17(30)9-13(14)8-15(27)25(35)37-2)38-26-24(34)23(33)22(32)20(11-28)39-26/h3-7,9-10,15,20,22-24,26,28-30,32-34H,8,11H2,1-2H3/b6-4+/t15-,20+,22+,23-,24+,26+/m0/s1. The number of benzene rings is 2. The number of carbonyl (C=O) groups excluding carboxylic acids is 2. The maximum absolute atomic E-state index is 13.3. The molecule has 2 heterocycles. The number of methoxy groups -OCH3 is 2. The topological polar surface area (TPSA) is 196 Å². The van der Waals surface area contributed by atoms with Crippen molar-refractivity contribution in [2.45, 2.75) is 43.2 Å². The van der Waals surface area contributed by atoms with Crippen LogP contribution < -0.4 is 14.4 Å². The summed E-state index contributed by atoms with van der Waals surface area (Å²) in [6.07, 6.45) is -5.17. The van der Waals surface area contributed by atoms with Gasteiger partial charge in [-0.2, -0.15) is 0 Å². The Labute approximate surface area is 222 Å². The molecule has 13 heteroatoms. The molecule has 0 unspecified atom stereocenters. The Morgan fingerprint density at radius 3 is 2.44 bits per heavy atom. The lowest BCUT2D eigenvalue weighted by Crippen LogP contribution is -2.60. The zero-order chi connectivity index (χ0) is 28.4. The molecule has 0 bridgehead atoms. The monoisotopic (exact) mass is 547 g/mol. The molecule has 6 N–H and O–H groups in total. The van der Waals surface area contributed by atoms with Crippen molar-refractivity contribution >= 4 is 23.6 Å². The number of nitrogens with zero attached hydrogens (tertiary/aromatic N) is 1. The molecule has 0 radical (unpaired) electrons. The van der Waals surface area contributed by atoms with Crippen molar-refractivity contribution in [1.82, 2.24) is 0 Å². The minimum atomic E-state index is -1.73. The molecule has 0 saturated carbocycles. The Balaban J connectivity index is 1.65. The Morgan fingerprint density at radius 1 is 1.03 bits per heavy atom. The molecule has 2 aromatic rings. The van der Waals surface area contributed by atoms with Crippen molar-refractivity contribution in [1.29, 1.82) is 0 Å². The molecule has 6 atom stereocenters. The number of aliphatic hydroxyl groups excluding tert-OH is 4. The van der Waals surface area contributed by atoms with E-state index in [1.54, 1.807) is 6.07 Å². The highest BCUT2D eigenvalue weighted by molar-refractivity contribution is 6.09. The van der Waals surface area contributed by atoms with E-state index < -0.39 is 61.0 Å². The number of phenolic OH excluding ortho intramolecular Hbond substituents is 2. The first-order valence-electron chi connectivity index (χ1n) is 11.9. The molecule has 4 rings (SSSR count). The van der Waals surface area contributed by atoms with Gasteiger partial charge in [0.05, 0.1) is 26.5 Å². The molecule has 1 saturated heterocycles. The third kappa shape index (κ3) is 5.48. The fraction of sp³-hybridized carbons (Fsp3) is 0.385. The summed E-state index contributed by atoms with van der Waals surface area (Å²) in [5.74, 6) is -1.85. The third-order valence-electron chi connectivity index (χ3n) is 6.57.